The van der Waals surface area contributed by atoms with E-state index in [0.29, 0.717) is 25.3 Å². The first-order valence-corrected chi connectivity index (χ1v) is 6.59. The number of nitrogens with zero attached hydrogens (tertiary/aromatic N) is 1. The summed E-state index contributed by atoms with van der Waals surface area (Å²) in [6.45, 7) is 5.11. The van der Waals surface area contributed by atoms with E-state index in [0.717, 1.165) is 5.56 Å². The Kier molecular flexibility index (Phi) is 6.48. The van der Waals surface area contributed by atoms with Crippen molar-refractivity contribution in [2.24, 2.45) is 0 Å². The molecule has 0 saturated heterocycles. The van der Waals surface area contributed by atoms with E-state index in [1.54, 1.807) is 31.3 Å². The Bertz CT molecular complexity index is 447. The second-order valence-corrected chi connectivity index (χ2v) is 4.82. The molecule has 20 heavy (non-hydrogen) atoms. The first kappa shape index (κ1) is 16.5. The summed E-state index contributed by atoms with van der Waals surface area (Å²) in [4.78, 5) is 14.2. The van der Waals surface area contributed by atoms with Crippen molar-refractivity contribution in [2.75, 3.05) is 34.0 Å². The maximum Gasteiger partial charge on any atom is 0.258 e. The molecular weight excluding hydrogens is 258 g/mol. The molecule has 0 aliphatic heterocycles. The molecule has 1 aromatic carbocycles. The lowest BCUT2D eigenvalue weighted by Crippen LogP contribution is -2.43. The summed E-state index contributed by atoms with van der Waals surface area (Å²) in [5.74, 6) is -0.222. The molecule has 1 aromatic rings. The summed E-state index contributed by atoms with van der Waals surface area (Å²) in [7, 11) is 3.19. The minimum atomic E-state index is -0.215. The number of rotatable bonds is 7. The number of hydrogen-bond acceptors (Lipinski definition) is 4. The molecule has 0 radical (unpaired) electrons. The number of methoxy groups -OCH3 is 2. The highest BCUT2D eigenvalue weighted by molar-refractivity contribution is 5.97. The van der Waals surface area contributed by atoms with E-state index in [9.17, 15) is 9.90 Å². The first-order chi connectivity index (χ1) is 9.51. The highest BCUT2D eigenvalue weighted by atomic mass is 16.5. The summed E-state index contributed by atoms with van der Waals surface area (Å²) < 4.78 is 10.2. The normalized spacial score (nSPS) is 12.2. The zero-order valence-electron chi connectivity index (χ0n) is 12.5. The number of ether oxygens (including phenoxy) is 2. The molecule has 0 spiro atoms. The van der Waals surface area contributed by atoms with Gasteiger partial charge in [0, 0.05) is 20.8 Å². The standard InChI is InChI=1S/C15H23NO4/c1-11-5-6-14(17)13(9-11)15(18)16(7-8-19-3)12(2)10-20-4/h5-6,9,12,17H,7-8,10H2,1-4H3. The minimum absolute atomic E-state index is 0.00682. The van der Waals surface area contributed by atoms with Gasteiger partial charge in [0.2, 0.25) is 0 Å². The largest absolute Gasteiger partial charge is 0.507 e. The Morgan fingerprint density at radius 1 is 1.35 bits per heavy atom. The molecule has 0 bridgehead atoms. The molecule has 1 unspecified atom stereocenters. The fourth-order valence-corrected chi connectivity index (χ4v) is 2.02. The Balaban J connectivity index is 2.99. The van der Waals surface area contributed by atoms with Gasteiger partial charge in [-0.1, -0.05) is 11.6 Å². The number of carbonyl (C=O) groups excluding carboxylic acids is 1. The van der Waals surface area contributed by atoms with Crippen LogP contribution in [-0.4, -0.2) is 55.9 Å². The third-order valence-electron chi connectivity index (χ3n) is 3.12. The van der Waals surface area contributed by atoms with Gasteiger partial charge in [-0.3, -0.25) is 4.79 Å². The first-order valence-electron chi connectivity index (χ1n) is 6.59. The van der Waals surface area contributed by atoms with Gasteiger partial charge in [0.1, 0.15) is 5.75 Å². The van der Waals surface area contributed by atoms with Crippen LogP contribution in [0.2, 0.25) is 0 Å². The molecule has 1 rings (SSSR count). The number of benzene rings is 1. The van der Waals surface area contributed by atoms with Gasteiger partial charge >= 0.3 is 0 Å². The van der Waals surface area contributed by atoms with Gasteiger partial charge in [-0.2, -0.15) is 0 Å². The summed E-state index contributed by atoms with van der Waals surface area (Å²) in [6, 6.07) is 4.90. The number of amides is 1. The highest BCUT2D eigenvalue weighted by Crippen LogP contribution is 2.21. The van der Waals surface area contributed by atoms with E-state index in [4.69, 9.17) is 9.47 Å². The van der Waals surface area contributed by atoms with Crippen LogP contribution in [-0.2, 0) is 9.47 Å². The van der Waals surface area contributed by atoms with E-state index >= 15 is 0 Å². The van der Waals surface area contributed by atoms with Gasteiger partial charge in [-0.15, -0.1) is 0 Å². The molecule has 0 aliphatic rings. The van der Waals surface area contributed by atoms with Gasteiger partial charge in [-0.05, 0) is 26.0 Å². The van der Waals surface area contributed by atoms with Crippen molar-refractivity contribution in [2.45, 2.75) is 19.9 Å². The summed E-state index contributed by atoms with van der Waals surface area (Å²) >= 11 is 0. The second kappa shape index (κ2) is 7.87. The van der Waals surface area contributed by atoms with Crippen molar-refractivity contribution in [1.82, 2.24) is 4.90 Å². The van der Waals surface area contributed by atoms with E-state index in [1.807, 2.05) is 13.8 Å². The Labute approximate surface area is 120 Å². The topological polar surface area (TPSA) is 59.0 Å². The predicted octanol–water partition coefficient (Wildman–Crippen LogP) is 1.82. The van der Waals surface area contributed by atoms with Gasteiger partial charge in [-0.25, -0.2) is 0 Å². The van der Waals surface area contributed by atoms with Crippen molar-refractivity contribution < 1.29 is 19.4 Å². The second-order valence-electron chi connectivity index (χ2n) is 4.82. The molecule has 0 saturated carbocycles. The summed E-state index contributed by atoms with van der Waals surface area (Å²) in [5.41, 5.74) is 1.24. The third kappa shape index (κ3) is 4.21. The quantitative estimate of drug-likeness (QED) is 0.828. The summed E-state index contributed by atoms with van der Waals surface area (Å²) in [6.07, 6.45) is 0. The number of aryl methyl sites for hydroxylation is 1. The van der Waals surface area contributed by atoms with Crippen LogP contribution in [0.4, 0.5) is 0 Å². The van der Waals surface area contributed by atoms with Gasteiger partial charge < -0.3 is 19.5 Å². The van der Waals surface area contributed by atoms with E-state index < -0.39 is 0 Å². The van der Waals surface area contributed by atoms with Gasteiger partial charge in [0.25, 0.3) is 5.91 Å². The number of hydrogen-bond donors (Lipinski definition) is 1. The van der Waals surface area contributed by atoms with Crippen LogP contribution < -0.4 is 0 Å². The number of phenolic OH excluding ortho intramolecular Hbond substituents is 1. The molecule has 1 N–H and O–H groups in total. The number of phenols is 1. The number of carbonyl (C=O) groups is 1. The Morgan fingerprint density at radius 2 is 2.05 bits per heavy atom. The lowest BCUT2D eigenvalue weighted by molar-refractivity contribution is 0.0477. The van der Waals surface area contributed by atoms with Crippen LogP contribution in [0.5, 0.6) is 5.75 Å². The molecule has 1 amide bonds. The molecule has 112 valence electrons. The fraction of sp³-hybridized carbons (Fsp3) is 0.533. The lowest BCUT2D eigenvalue weighted by atomic mass is 10.1. The third-order valence-corrected chi connectivity index (χ3v) is 3.12. The lowest BCUT2D eigenvalue weighted by Gasteiger charge is -2.29. The van der Waals surface area contributed by atoms with Crippen molar-refractivity contribution in [1.29, 1.82) is 0 Å². The average molecular weight is 281 g/mol. The molecule has 1 atom stereocenters. The minimum Gasteiger partial charge on any atom is -0.507 e. The molecule has 0 aliphatic carbocycles. The predicted molar refractivity (Wildman–Crippen MR) is 77.1 cm³/mol. The maximum absolute atomic E-state index is 12.6. The van der Waals surface area contributed by atoms with E-state index in [1.165, 1.54) is 6.07 Å². The van der Waals surface area contributed by atoms with Crippen LogP contribution in [0.15, 0.2) is 18.2 Å². The van der Waals surface area contributed by atoms with Crippen molar-refractivity contribution in [3.8, 4) is 5.75 Å². The monoisotopic (exact) mass is 281 g/mol. The van der Waals surface area contributed by atoms with Crippen LogP contribution in [0.3, 0.4) is 0 Å². The zero-order chi connectivity index (χ0) is 15.1. The average Bonchev–Trinajstić information content (AvgIpc) is 2.42. The van der Waals surface area contributed by atoms with Crippen LogP contribution >= 0.6 is 0 Å². The fourth-order valence-electron chi connectivity index (χ4n) is 2.02. The van der Waals surface area contributed by atoms with Gasteiger partial charge in [0.15, 0.2) is 0 Å². The maximum atomic E-state index is 12.6. The van der Waals surface area contributed by atoms with Crippen LogP contribution in [0.25, 0.3) is 0 Å². The SMILES string of the molecule is COCCN(C(=O)c1cc(C)ccc1O)C(C)COC. The smallest absolute Gasteiger partial charge is 0.258 e. The molecule has 5 nitrogen and oxygen atoms in total. The van der Waals surface area contributed by atoms with Crippen molar-refractivity contribution >= 4 is 5.91 Å². The van der Waals surface area contributed by atoms with E-state index in [2.05, 4.69) is 0 Å². The Morgan fingerprint density at radius 3 is 2.65 bits per heavy atom. The van der Waals surface area contributed by atoms with Crippen LogP contribution in [0, 0.1) is 6.92 Å². The van der Waals surface area contributed by atoms with Crippen molar-refractivity contribution in [3.05, 3.63) is 29.3 Å². The van der Waals surface area contributed by atoms with Crippen LogP contribution in [0.1, 0.15) is 22.8 Å². The molecule has 0 heterocycles. The van der Waals surface area contributed by atoms with Gasteiger partial charge in [0.05, 0.1) is 24.8 Å². The Hall–Kier alpha value is -1.59. The highest BCUT2D eigenvalue weighted by Gasteiger charge is 2.23. The summed E-state index contributed by atoms with van der Waals surface area (Å²) in [5, 5.41) is 9.88. The molecule has 5 heteroatoms. The molecular formula is C15H23NO4. The molecule has 0 aromatic heterocycles. The zero-order valence-corrected chi connectivity index (χ0v) is 12.5. The molecule has 0 fully saturated rings. The van der Waals surface area contributed by atoms with E-state index in [-0.39, 0.29) is 17.7 Å². The number of aromatic hydroxyl groups is 1. The van der Waals surface area contributed by atoms with Crippen molar-refractivity contribution in [3.63, 3.8) is 0 Å².